The summed E-state index contributed by atoms with van der Waals surface area (Å²) in [4.78, 5) is 27.8. The van der Waals surface area contributed by atoms with Crippen molar-refractivity contribution >= 4 is 11.7 Å². The Labute approximate surface area is 150 Å². The topological polar surface area (TPSA) is 52.6 Å². The average molecular weight is 343 g/mol. The number of carbonyl (C=O) groups excluding carboxylic acids is 1. The second-order valence-electron chi connectivity index (χ2n) is 7.76. The van der Waals surface area contributed by atoms with Crippen LogP contribution in [0.3, 0.4) is 0 Å². The van der Waals surface area contributed by atoms with Crippen LogP contribution in [0, 0.1) is 11.8 Å². The third kappa shape index (κ3) is 3.94. The summed E-state index contributed by atoms with van der Waals surface area (Å²) in [5.74, 6) is 2.97. The van der Waals surface area contributed by atoms with Gasteiger partial charge in [-0.1, -0.05) is 19.3 Å². The number of fused-ring (bicyclic) bond motifs is 1. The Morgan fingerprint density at radius 3 is 2.56 bits per heavy atom. The maximum Gasteiger partial charge on any atom is 0.236 e. The number of piperazine rings is 1. The molecule has 0 aromatic carbocycles. The van der Waals surface area contributed by atoms with Crippen LogP contribution in [0.25, 0.3) is 0 Å². The number of amides is 1. The van der Waals surface area contributed by atoms with Gasteiger partial charge in [-0.3, -0.25) is 14.7 Å². The molecule has 25 heavy (non-hydrogen) atoms. The molecule has 4 rings (SSSR count). The standard InChI is InChI=1S/C19H29N5O/c25-19(15-22-8-5-16-3-1-2-4-17(16)14-22)24-11-9-23(10-12-24)18-13-20-6-7-21-18/h6-7,13,16-17H,1-5,8-12,14-15H2/t16-,17-/m1/s1. The molecule has 1 saturated carbocycles. The van der Waals surface area contributed by atoms with Crippen LogP contribution in [0.4, 0.5) is 5.82 Å². The lowest BCUT2D eigenvalue weighted by molar-refractivity contribution is -0.133. The van der Waals surface area contributed by atoms with Crippen molar-refractivity contribution in [2.24, 2.45) is 11.8 Å². The fourth-order valence-electron chi connectivity index (χ4n) is 4.75. The maximum atomic E-state index is 12.7. The Hall–Kier alpha value is -1.69. The fourth-order valence-corrected chi connectivity index (χ4v) is 4.75. The Kier molecular flexibility index (Phi) is 5.15. The van der Waals surface area contributed by atoms with Crippen molar-refractivity contribution in [2.45, 2.75) is 32.1 Å². The highest BCUT2D eigenvalue weighted by atomic mass is 16.2. The van der Waals surface area contributed by atoms with Gasteiger partial charge in [0.15, 0.2) is 0 Å². The lowest BCUT2D eigenvalue weighted by atomic mass is 9.75. The van der Waals surface area contributed by atoms with Crippen molar-refractivity contribution in [1.82, 2.24) is 19.8 Å². The minimum atomic E-state index is 0.299. The van der Waals surface area contributed by atoms with Gasteiger partial charge in [0, 0.05) is 45.1 Å². The Bertz CT molecular complexity index is 572. The summed E-state index contributed by atoms with van der Waals surface area (Å²) >= 11 is 0. The predicted molar refractivity (Wildman–Crippen MR) is 97.3 cm³/mol. The first kappa shape index (κ1) is 16.8. The third-order valence-electron chi connectivity index (χ3n) is 6.24. The number of aromatic nitrogens is 2. The molecular formula is C19H29N5O. The number of hydrogen-bond acceptors (Lipinski definition) is 5. The molecule has 0 unspecified atom stereocenters. The largest absolute Gasteiger partial charge is 0.352 e. The molecule has 0 N–H and O–H groups in total. The quantitative estimate of drug-likeness (QED) is 0.835. The van der Waals surface area contributed by atoms with Crippen LogP contribution in [0.15, 0.2) is 18.6 Å². The van der Waals surface area contributed by atoms with Gasteiger partial charge in [0.05, 0.1) is 12.7 Å². The van der Waals surface area contributed by atoms with Gasteiger partial charge in [-0.25, -0.2) is 4.98 Å². The Balaban J connectivity index is 1.25. The summed E-state index contributed by atoms with van der Waals surface area (Å²) < 4.78 is 0. The van der Waals surface area contributed by atoms with Crippen molar-refractivity contribution in [2.75, 3.05) is 50.7 Å². The molecule has 3 fully saturated rings. The van der Waals surface area contributed by atoms with Gasteiger partial charge in [-0.15, -0.1) is 0 Å². The number of likely N-dealkylation sites (tertiary alicyclic amines) is 1. The van der Waals surface area contributed by atoms with Crippen LogP contribution in [-0.2, 0) is 4.79 Å². The van der Waals surface area contributed by atoms with E-state index in [4.69, 9.17) is 0 Å². The van der Waals surface area contributed by atoms with Crippen LogP contribution in [0.1, 0.15) is 32.1 Å². The zero-order valence-electron chi connectivity index (χ0n) is 15.0. The first-order valence-corrected chi connectivity index (χ1v) is 9.81. The highest BCUT2D eigenvalue weighted by molar-refractivity contribution is 5.78. The molecule has 3 aliphatic rings. The summed E-state index contributed by atoms with van der Waals surface area (Å²) in [6.45, 7) is 6.10. The zero-order valence-corrected chi connectivity index (χ0v) is 15.0. The summed E-state index contributed by atoms with van der Waals surface area (Å²) in [7, 11) is 0. The number of carbonyl (C=O) groups is 1. The highest BCUT2D eigenvalue weighted by Gasteiger charge is 2.32. The van der Waals surface area contributed by atoms with E-state index in [1.54, 1.807) is 18.6 Å². The van der Waals surface area contributed by atoms with Crippen LogP contribution in [-0.4, -0.2) is 71.5 Å². The van der Waals surface area contributed by atoms with Gasteiger partial charge in [0.25, 0.3) is 0 Å². The van der Waals surface area contributed by atoms with E-state index in [0.717, 1.165) is 56.9 Å². The minimum absolute atomic E-state index is 0.299. The molecule has 0 radical (unpaired) electrons. The van der Waals surface area contributed by atoms with Gasteiger partial charge in [-0.05, 0) is 31.2 Å². The molecule has 0 bridgehead atoms. The second kappa shape index (κ2) is 7.68. The highest BCUT2D eigenvalue weighted by Crippen LogP contribution is 2.35. The molecule has 6 heteroatoms. The number of rotatable bonds is 3. The summed E-state index contributed by atoms with van der Waals surface area (Å²) in [6.07, 6.45) is 12.1. The Morgan fingerprint density at radius 1 is 1.00 bits per heavy atom. The van der Waals surface area contributed by atoms with Crippen molar-refractivity contribution in [3.8, 4) is 0 Å². The molecule has 0 spiro atoms. The van der Waals surface area contributed by atoms with E-state index in [2.05, 4.69) is 19.8 Å². The van der Waals surface area contributed by atoms with Gasteiger partial charge in [-0.2, -0.15) is 0 Å². The minimum Gasteiger partial charge on any atom is -0.352 e. The molecule has 1 amide bonds. The van der Waals surface area contributed by atoms with E-state index in [1.807, 2.05) is 4.90 Å². The van der Waals surface area contributed by atoms with Crippen molar-refractivity contribution in [3.63, 3.8) is 0 Å². The van der Waals surface area contributed by atoms with Crippen LogP contribution in [0.5, 0.6) is 0 Å². The fraction of sp³-hybridized carbons (Fsp3) is 0.737. The van der Waals surface area contributed by atoms with Gasteiger partial charge in [0.1, 0.15) is 5.82 Å². The Morgan fingerprint density at radius 2 is 1.80 bits per heavy atom. The molecule has 1 aromatic rings. The van der Waals surface area contributed by atoms with Crippen LogP contribution >= 0.6 is 0 Å². The maximum absolute atomic E-state index is 12.7. The van der Waals surface area contributed by atoms with Crippen LogP contribution < -0.4 is 4.90 Å². The predicted octanol–water partition coefficient (Wildman–Crippen LogP) is 1.64. The lowest BCUT2D eigenvalue weighted by Gasteiger charge is -2.42. The van der Waals surface area contributed by atoms with Crippen molar-refractivity contribution in [1.29, 1.82) is 0 Å². The number of piperidine rings is 1. The molecule has 2 aliphatic heterocycles. The SMILES string of the molecule is O=C(CN1CC[C@H]2CCCC[C@@H]2C1)N1CCN(c2cnccn2)CC1. The van der Waals surface area contributed by atoms with E-state index in [0.29, 0.717) is 12.5 Å². The summed E-state index contributed by atoms with van der Waals surface area (Å²) in [5.41, 5.74) is 0. The molecule has 6 nitrogen and oxygen atoms in total. The molecule has 136 valence electrons. The zero-order chi connectivity index (χ0) is 17.1. The third-order valence-corrected chi connectivity index (χ3v) is 6.24. The van der Waals surface area contributed by atoms with E-state index < -0.39 is 0 Å². The lowest BCUT2D eigenvalue weighted by Crippen LogP contribution is -2.53. The number of anilines is 1. The molecular weight excluding hydrogens is 314 g/mol. The first-order valence-electron chi connectivity index (χ1n) is 9.81. The molecule has 1 aliphatic carbocycles. The van der Waals surface area contributed by atoms with Crippen LogP contribution in [0.2, 0.25) is 0 Å². The smallest absolute Gasteiger partial charge is 0.236 e. The van der Waals surface area contributed by atoms with Crippen molar-refractivity contribution in [3.05, 3.63) is 18.6 Å². The first-order chi connectivity index (χ1) is 12.3. The van der Waals surface area contributed by atoms with E-state index in [-0.39, 0.29) is 0 Å². The molecule has 3 heterocycles. The molecule has 2 atom stereocenters. The summed E-state index contributed by atoms with van der Waals surface area (Å²) in [6, 6.07) is 0. The van der Waals surface area contributed by atoms with E-state index in [9.17, 15) is 4.79 Å². The van der Waals surface area contributed by atoms with Gasteiger partial charge >= 0.3 is 0 Å². The molecule has 1 aromatic heterocycles. The van der Waals surface area contributed by atoms with Gasteiger partial charge < -0.3 is 9.80 Å². The number of nitrogens with zero attached hydrogens (tertiary/aromatic N) is 5. The number of hydrogen-bond donors (Lipinski definition) is 0. The second-order valence-corrected chi connectivity index (χ2v) is 7.76. The monoisotopic (exact) mass is 343 g/mol. The van der Waals surface area contributed by atoms with E-state index in [1.165, 1.54) is 32.1 Å². The average Bonchev–Trinajstić information content (AvgIpc) is 2.69. The van der Waals surface area contributed by atoms with Gasteiger partial charge in [0.2, 0.25) is 5.91 Å². The normalized spacial score (nSPS) is 27.8. The van der Waals surface area contributed by atoms with Crippen molar-refractivity contribution < 1.29 is 4.79 Å². The van der Waals surface area contributed by atoms with E-state index >= 15 is 0 Å². The molecule has 2 saturated heterocycles. The summed E-state index contributed by atoms with van der Waals surface area (Å²) in [5, 5.41) is 0.